The molecular formula is C19H19N3O5S. The zero-order valence-corrected chi connectivity index (χ0v) is 16.4. The lowest BCUT2D eigenvalue weighted by molar-refractivity contribution is 0.0278. The Hall–Kier alpha value is -3.04. The molecule has 3 aromatic rings. The summed E-state index contributed by atoms with van der Waals surface area (Å²) in [5.74, 6) is -0.278. The summed E-state index contributed by atoms with van der Waals surface area (Å²) in [6.07, 6.45) is -0.822. The molecule has 0 saturated carbocycles. The molecule has 2 aromatic carbocycles. The number of sulfonamides is 1. The van der Waals surface area contributed by atoms with Crippen molar-refractivity contribution in [2.75, 3.05) is 0 Å². The minimum atomic E-state index is -3.94. The second kappa shape index (κ2) is 7.53. The van der Waals surface area contributed by atoms with Crippen molar-refractivity contribution >= 4 is 16.0 Å². The van der Waals surface area contributed by atoms with Crippen molar-refractivity contribution in [1.29, 1.82) is 0 Å². The quantitative estimate of drug-likeness (QED) is 0.651. The molecule has 2 N–H and O–H groups in total. The van der Waals surface area contributed by atoms with Gasteiger partial charge in [-0.25, -0.2) is 18.4 Å². The Morgan fingerprint density at radius 2 is 1.79 bits per heavy atom. The summed E-state index contributed by atoms with van der Waals surface area (Å²) in [6, 6.07) is 11.6. The van der Waals surface area contributed by atoms with Crippen LogP contribution >= 0.6 is 0 Å². The van der Waals surface area contributed by atoms with Gasteiger partial charge in [0.1, 0.15) is 0 Å². The van der Waals surface area contributed by atoms with Crippen LogP contribution in [0.15, 0.2) is 51.8 Å². The average molecular weight is 401 g/mol. The van der Waals surface area contributed by atoms with E-state index in [1.165, 1.54) is 18.2 Å². The number of hydrogen-bond donors (Lipinski definition) is 1. The second-order valence-electron chi connectivity index (χ2n) is 6.38. The van der Waals surface area contributed by atoms with Crippen LogP contribution < -0.4 is 5.14 Å². The molecule has 3 rings (SSSR count). The summed E-state index contributed by atoms with van der Waals surface area (Å²) in [5.41, 5.74) is 2.49. The van der Waals surface area contributed by atoms with E-state index in [4.69, 9.17) is 14.3 Å². The molecule has 0 saturated heterocycles. The van der Waals surface area contributed by atoms with E-state index in [2.05, 4.69) is 10.2 Å². The largest absolute Gasteiger partial charge is 0.449 e. The molecule has 0 unspecified atom stereocenters. The predicted octanol–water partition coefficient (Wildman–Crippen LogP) is 2.92. The summed E-state index contributed by atoms with van der Waals surface area (Å²) < 4.78 is 34.0. The van der Waals surface area contributed by atoms with E-state index in [0.717, 1.165) is 11.1 Å². The summed E-state index contributed by atoms with van der Waals surface area (Å²) in [4.78, 5) is 12.3. The molecule has 0 fully saturated rings. The zero-order chi connectivity index (χ0) is 20.5. The van der Waals surface area contributed by atoms with E-state index in [9.17, 15) is 13.2 Å². The van der Waals surface area contributed by atoms with E-state index >= 15 is 0 Å². The fourth-order valence-corrected chi connectivity index (χ4v) is 3.02. The van der Waals surface area contributed by atoms with Crippen LogP contribution in [0.1, 0.15) is 40.4 Å². The molecule has 1 aromatic heterocycles. The molecule has 9 heteroatoms. The van der Waals surface area contributed by atoms with E-state index in [0.29, 0.717) is 11.5 Å². The average Bonchev–Trinajstić information content (AvgIpc) is 3.12. The zero-order valence-electron chi connectivity index (χ0n) is 15.5. The van der Waals surface area contributed by atoms with E-state index < -0.39 is 22.1 Å². The van der Waals surface area contributed by atoms with Crippen molar-refractivity contribution in [1.82, 2.24) is 10.2 Å². The first-order valence-corrected chi connectivity index (χ1v) is 9.94. The Labute approximate surface area is 162 Å². The first-order valence-electron chi connectivity index (χ1n) is 8.40. The van der Waals surface area contributed by atoms with Crippen molar-refractivity contribution in [2.45, 2.75) is 31.8 Å². The first kappa shape index (κ1) is 19.7. The van der Waals surface area contributed by atoms with Crippen LogP contribution in [0.3, 0.4) is 0 Å². The number of esters is 1. The topological polar surface area (TPSA) is 125 Å². The second-order valence-corrected chi connectivity index (χ2v) is 7.94. The number of ether oxygens (including phenoxy) is 1. The van der Waals surface area contributed by atoms with Gasteiger partial charge in [-0.3, -0.25) is 0 Å². The number of nitrogens with zero attached hydrogens (tertiary/aromatic N) is 2. The highest BCUT2D eigenvalue weighted by molar-refractivity contribution is 7.89. The molecular weight excluding hydrogens is 382 g/mol. The third kappa shape index (κ3) is 4.26. The number of rotatable bonds is 5. The molecule has 146 valence electrons. The molecule has 0 radical (unpaired) electrons. The third-order valence-electron chi connectivity index (χ3n) is 4.13. The molecule has 0 spiro atoms. The first-order chi connectivity index (χ1) is 13.1. The molecule has 0 aliphatic rings. The summed E-state index contributed by atoms with van der Waals surface area (Å²) >= 11 is 0. The number of carbonyl (C=O) groups excluding carboxylic acids is 1. The third-order valence-corrected chi connectivity index (χ3v) is 5.04. The number of nitrogens with two attached hydrogens (primary N) is 1. The van der Waals surface area contributed by atoms with Crippen LogP contribution in [0.25, 0.3) is 11.5 Å². The van der Waals surface area contributed by atoms with Gasteiger partial charge in [0, 0.05) is 5.56 Å². The molecule has 8 nitrogen and oxygen atoms in total. The minimum absolute atomic E-state index is 0.0941. The van der Waals surface area contributed by atoms with Crippen molar-refractivity contribution in [2.24, 2.45) is 5.14 Å². The van der Waals surface area contributed by atoms with Gasteiger partial charge in [-0.15, -0.1) is 10.2 Å². The van der Waals surface area contributed by atoms with Gasteiger partial charge in [-0.2, -0.15) is 0 Å². The molecule has 0 bridgehead atoms. The Kier molecular flexibility index (Phi) is 5.30. The van der Waals surface area contributed by atoms with E-state index in [-0.39, 0.29) is 16.3 Å². The van der Waals surface area contributed by atoms with Gasteiger partial charge in [0.2, 0.25) is 15.9 Å². The summed E-state index contributed by atoms with van der Waals surface area (Å²) in [5, 5.41) is 13.0. The predicted molar refractivity (Wildman–Crippen MR) is 101 cm³/mol. The summed E-state index contributed by atoms with van der Waals surface area (Å²) in [6.45, 7) is 5.22. The lowest BCUT2D eigenvalue weighted by Gasteiger charge is -2.11. The number of hydrogen-bond acceptors (Lipinski definition) is 7. The fourth-order valence-electron chi connectivity index (χ4n) is 2.48. The van der Waals surface area contributed by atoms with Crippen LogP contribution in [0.4, 0.5) is 0 Å². The van der Waals surface area contributed by atoms with Gasteiger partial charge in [0.05, 0.1) is 10.5 Å². The molecule has 1 heterocycles. The Morgan fingerprint density at radius 3 is 2.43 bits per heavy atom. The Balaban J connectivity index is 1.79. The summed E-state index contributed by atoms with van der Waals surface area (Å²) in [7, 11) is -3.94. The van der Waals surface area contributed by atoms with Crippen molar-refractivity contribution in [3.8, 4) is 11.5 Å². The highest BCUT2D eigenvalue weighted by Crippen LogP contribution is 2.24. The van der Waals surface area contributed by atoms with Crippen LogP contribution in [-0.2, 0) is 14.8 Å². The number of aromatic nitrogens is 2. The van der Waals surface area contributed by atoms with Crippen LogP contribution in [0.2, 0.25) is 0 Å². The van der Waals surface area contributed by atoms with Crippen LogP contribution in [0, 0.1) is 13.8 Å². The van der Waals surface area contributed by atoms with E-state index in [1.807, 2.05) is 31.2 Å². The van der Waals surface area contributed by atoms with Crippen LogP contribution in [0.5, 0.6) is 0 Å². The highest BCUT2D eigenvalue weighted by Gasteiger charge is 2.22. The van der Waals surface area contributed by atoms with Crippen molar-refractivity contribution in [3.63, 3.8) is 0 Å². The maximum Gasteiger partial charge on any atom is 0.339 e. The van der Waals surface area contributed by atoms with Gasteiger partial charge in [0.15, 0.2) is 6.10 Å². The van der Waals surface area contributed by atoms with Crippen LogP contribution in [-0.4, -0.2) is 24.6 Å². The number of aryl methyl sites for hydroxylation is 2. The highest BCUT2D eigenvalue weighted by atomic mass is 32.2. The Bertz CT molecular complexity index is 1120. The standard InChI is InChI=1S/C19H19N3O5S/c1-11-4-7-14(8-5-11)18-22-21-17(27-18)13(3)26-19(23)16-10-15(28(20,24)25)9-6-12(16)2/h4-10,13H,1-3H3,(H2,20,24,25)/t13-/m0/s1. The van der Waals surface area contributed by atoms with Gasteiger partial charge in [0.25, 0.3) is 5.89 Å². The van der Waals surface area contributed by atoms with Gasteiger partial charge in [-0.05, 0) is 50.6 Å². The number of primary sulfonamides is 1. The lowest BCUT2D eigenvalue weighted by atomic mass is 10.1. The smallest absolute Gasteiger partial charge is 0.339 e. The normalized spacial score (nSPS) is 12.6. The molecule has 0 aliphatic carbocycles. The molecule has 0 amide bonds. The fraction of sp³-hybridized carbons (Fsp3) is 0.211. The molecule has 1 atom stereocenters. The van der Waals surface area contributed by atoms with Gasteiger partial charge < -0.3 is 9.15 Å². The number of carbonyl (C=O) groups is 1. The minimum Gasteiger partial charge on any atom is -0.449 e. The lowest BCUT2D eigenvalue weighted by Crippen LogP contribution is -2.15. The van der Waals surface area contributed by atoms with Gasteiger partial charge >= 0.3 is 5.97 Å². The van der Waals surface area contributed by atoms with E-state index in [1.54, 1.807) is 13.8 Å². The molecule has 0 aliphatic heterocycles. The number of benzene rings is 2. The monoisotopic (exact) mass is 401 g/mol. The maximum atomic E-state index is 12.5. The SMILES string of the molecule is Cc1ccc(-c2nnc([C@H](C)OC(=O)c3cc(S(N)(=O)=O)ccc3C)o2)cc1. The molecule has 28 heavy (non-hydrogen) atoms. The van der Waals surface area contributed by atoms with Crippen molar-refractivity contribution in [3.05, 3.63) is 65.0 Å². The van der Waals surface area contributed by atoms with Crippen molar-refractivity contribution < 1.29 is 22.4 Å². The maximum absolute atomic E-state index is 12.5. The Morgan fingerprint density at radius 1 is 1.11 bits per heavy atom. The van der Waals surface area contributed by atoms with Gasteiger partial charge in [-0.1, -0.05) is 23.8 Å².